The third kappa shape index (κ3) is 2.52. The normalized spacial score (nSPS) is 15.1. The Hall–Kier alpha value is -0.940. The molecule has 0 amide bonds. The quantitative estimate of drug-likeness (QED) is 0.702. The molecule has 1 aromatic carbocycles. The lowest BCUT2D eigenvalue weighted by Crippen LogP contribution is -2.15. The third-order valence-corrected chi connectivity index (χ3v) is 2.08. The van der Waals surface area contributed by atoms with Crippen molar-refractivity contribution in [1.29, 1.82) is 0 Å². The summed E-state index contributed by atoms with van der Waals surface area (Å²) < 4.78 is 10.0. The summed E-state index contributed by atoms with van der Waals surface area (Å²) in [5.74, 6) is 0. The molecular formula is C10H16N2O2. The summed E-state index contributed by atoms with van der Waals surface area (Å²) in [7, 11) is 3.13. The Bertz CT molecular complexity index is 266. The Kier molecular flexibility index (Phi) is 4.03. The first-order valence-corrected chi connectivity index (χ1v) is 4.35. The van der Waals surface area contributed by atoms with Gasteiger partial charge in [0, 0.05) is 14.2 Å². The molecule has 0 radical (unpaired) electrons. The Balaban J connectivity index is 2.89. The molecule has 0 aliphatic heterocycles. The highest BCUT2D eigenvalue weighted by Gasteiger charge is 2.08. The molecule has 2 unspecified atom stereocenters. The molecule has 4 N–H and O–H groups in total. The zero-order chi connectivity index (χ0) is 10.6. The minimum absolute atomic E-state index is 0.418. The minimum Gasteiger partial charge on any atom is -0.363 e. The first-order valence-electron chi connectivity index (χ1n) is 4.35. The van der Waals surface area contributed by atoms with Gasteiger partial charge in [-0.1, -0.05) is 18.2 Å². The number of benzene rings is 1. The average molecular weight is 196 g/mol. The van der Waals surface area contributed by atoms with Crippen molar-refractivity contribution in [3.63, 3.8) is 0 Å². The van der Waals surface area contributed by atoms with Gasteiger partial charge in [0.2, 0.25) is 0 Å². The minimum atomic E-state index is -0.418. The van der Waals surface area contributed by atoms with E-state index in [1.54, 1.807) is 14.2 Å². The second kappa shape index (κ2) is 5.07. The zero-order valence-electron chi connectivity index (χ0n) is 8.44. The maximum atomic E-state index is 5.70. The fourth-order valence-electron chi connectivity index (χ4n) is 1.19. The van der Waals surface area contributed by atoms with Crippen molar-refractivity contribution in [2.75, 3.05) is 14.2 Å². The molecule has 2 atom stereocenters. The molecule has 0 aliphatic rings. The first-order chi connectivity index (χ1) is 6.69. The number of hydrogen-bond donors (Lipinski definition) is 2. The second-order valence-corrected chi connectivity index (χ2v) is 2.98. The molecule has 0 saturated carbocycles. The van der Waals surface area contributed by atoms with Crippen molar-refractivity contribution >= 4 is 0 Å². The van der Waals surface area contributed by atoms with Crippen molar-refractivity contribution in [2.24, 2.45) is 11.5 Å². The molecule has 78 valence electrons. The van der Waals surface area contributed by atoms with Gasteiger partial charge in [0.1, 0.15) is 12.5 Å². The van der Waals surface area contributed by atoms with Crippen LogP contribution < -0.4 is 11.5 Å². The molecule has 0 aliphatic carbocycles. The monoisotopic (exact) mass is 196 g/mol. The van der Waals surface area contributed by atoms with Crippen molar-refractivity contribution in [1.82, 2.24) is 0 Å². The highest BCUT2D eigenvalue weighted by molar-refractivity contribution is 5.26. The van der Waals surface area contributed by atoms with Crippen molar-refractivity contribution in [2.45, 2.75) is 12.5 Å². The van der Waals surface area contributed by atoms with Gasteiger partial charge in [-0.15, -0.1) is 0 Å². The Morgan fingerprint density at radius 2 is 1.43 bits per heavy atom. The number of nitrogens with two attached hydrogens (primary N) is 2. The van der Waals surface area contributed by atoms with Gasteiger partial charge >= 0.3 is 0 Å². The van der Waals surface area contributed by atoms with Gasteiger partial charge in [0.25, 0.3) is 0 Å². The number of ether oxygens (including phenoxy) is 2. The fraction of sp³-hybridized carbons (Fsp3) is 0.400. The van der Waals surface area contributed by atoms with Gasteiger partial charge in [-0.2, -0.15) is 0 Å². The predicted molar refractivity (Wildman–Crippen MR) is 54.3 cm³/mol. The molecule has 0 spiro atoms. The summed E-state index contributed by atoms with van der Waals surface area (Å²) >= 11 is 0. The third-order valence-electron chi connectivity index (χ3n) is 2.08. The van der Waals surface area contributed by atoms with E-state index in [0.717, 1.165) is 11.1 Å². The lowest BCUT2D eigenvalue weighted by Gasteiger charge is -2.14. The van der Waals surface area contributed by atoms with Crippen LogP contribution in [0.15, 0.2) is 24.3 Å². The van der Waals surface area contributed by atoms with Crippen LogP contribution in [0, 0.1) is 0 Å². The van der Waals surface area contributed by atoms with Crippen LogP contribution in [-0.4, -0.2) is 14.2 Å². The largest absolute Gasteiger partial charge is 0.363 e. The van der Waals surface area contributed by atoms with Crippen molar-refractivity contribution in [3.8, 4) is 0 Å². The molecule has 0 fully saturated rings. The maximum absolute atomic E-state index is 5.70. The number of methoxy groups -OCH3 is 2. The van der Waals surface area contributed by atoms with Crippen molar-refractivity contribution in [3.05, 3.63) is 35.4 Å². The van der Waals surface area contributed by atoms with Crippen LogP contribution in [0.1, 0.15) is 23.6 Å². The summed E-state index contributed by atoms with van der Waals surface area (Å²) in [6.45, 7) is 0. The van der Waals surface area contributed by atoms with Gasteiger partial charge < -0.3 is 20.9 Å². The average Bonchev–Trinajstić information content (AvgIpc) is 2.27. The number of hydrogen-bond acceptors (Lipinski definition) is 4. The van der Waals surface area contributed by atoms with Gasteiger partial charge in [0.15, 0.2) is 0 Å². The zero-order valence-corrected chi connectivity index (χ0v) is 8.44. The molecule has 1 aromatic rings. The fourth-order valence-corrected chi connectivity index (χ4v) is 1.19. The van der Waals surface area contributed by atoms with Crippen LogP contribution in [0.2, 0.25) is 0 Å². The molecule has 1 rings (SSSR count). The van der Waals surface area contributed by atoms with Gasteiger partial charge in [-0.05, 0) is 17.2 Å². The van der Waals surface area contributed by atoms with Crippen LogP contribution in [0.25, 0.3) is 0 Å². The Morgan fingerprint density at radius 3 is 1.79 bits per heavy atom. The van der Waals surface area contributed by atoms with E-state index in [-0.39, 0.29) is 0 Å². The standard InChI is InChI=1S/C10H16N2O2/c1-13-9(11)7-4-3-5-8(6-7)10(12)14-2/h3-6,9-10H,11-12H2,1-2H3. The maximum Gasteiger partial charge on any atom is 0.131 e. The molecule has 4 heteroatoms. The highest BCUT2D eigenvalue weighted by Crippen LogP contribution is 2.17. The molecular weight excluding hydrogens is 180 g/mol. The van der Waals surface area contributed by atoms with Crippen LogP contribution in [0.5, 0.6) is 0 Å². The topological polar surface area (TPSA) is 70.5 Å². The molecule has 0 aromatic heterocycles. The Labute approximate surface area is 83.8 Å². The Morgan fingerprint density at radius 1 is 1.00 bits per heavy atom. The lowest BCUT2D eigenvalue weighted by molar-refractivity contribution is 0.104. The van der Waals surface area contributed by atoms with Gasteiger partial charge in [-0.3, -0.25) is 0 Å². The summed E-state index contributed by atoms with van der Waals surface area (Å²) in [4.78, 5) is 0. The molecule has 14 heavy (non-hydrogen) atoms. The van der Waals surface area contributed by atoms with E-state index in [1.807, 2.05) is 24.3 Å². The van der Waals surface area contributed by atoms with E-state index in [9.17, 15) is 0 Å². The van der Waals surface area contributed by atoms with Crippen molar-refractivity contribution < 1.29 is 9.47 Å². The summed E-state index contributed by atoms with van der Waals surface area (Å²) in [5, 5.41) is 0. The van der Waals surface area contributed by atoms with E-state index in [0.29, 0.717) is 0 Å². The second-order valence-electron chi connectivity index (χ2n) is 2.98. The van der Waals surface area contributed by atoms with E-state index < -0.39 is 12.5 Å². The van der Waals surface area contributed by atoms with Gasteiger partial charge in [-0.25, -0.2) is 0 Å². The smallest absolute Gasteiger partial charge is 0.131 e. The molecule has 0 heterocycles. The summed E-state index contributed by atoms with van der Waals surface area (Å²) in [6.07, 6.45) is -0.835. The summed E-state index contributed by atoms with van der Waals surface area (Å²) in [5.41, 5.74) is 13.2. The lowest BCUT2D eigenvalue weighted by atomic mass is 10.1. The molecule has 4 nitrogen and oxygen atoms in total. The number of rotatable bonds is 4. The molecule has 0 bridgehead atoms. The first kappa shape index (κ1) is 11.1. The van der Waals surface area contributed by atoms with Crippen LogP contribution in [0.4, 0.5) is 0 Å². The van der Waals surface area contributed by atoms with E-state index in [2.05, 4.69) is 0 Å². The van der Waals surface area contributed by atoms with Crippen LogP contribution in [-0.2, 0) is 9.47 Å². The van der Waals surface area contributed by atoms with E-state index in [1.165, 1.54) is 0 Å². The van der Waals surface area contributed by atoms with Crippen LogP contribution in [0.3, 0.4) is 0 Å². The van der Waals surface area contributed by atoms with Gasteiger partial charge in [0.05, 0.1) is 0 Å². The van der Waals surface area contributed by atoms with E-state index >= 15 is 0 Å². The molecule has 0 saturated heterocycles. The predicted octanol–water partition coefficient (Wildman–Crippen LogP) is 0.894. The summed E-state index contributed by atoms with van der Waals surface area (Å²) in [6, 6.07) is 7.53. The SMILES string of the molecule is COC(N)c1cccc(C(N)OC)c1. The van der Waals surface area contributed by atoms with E-state index in [4.69, 9.17) is 20.9 Å². The van der Waals surface area contributed by atoms with Crippen LogP contribution >= 0.6 is 0 Å². The highest BCUT2D eigenvalue weighted by atomic mass is 16.5.